The molecule has 0 saturated carbocycles. The Bertz CT molecular complexity index is 325. The van der Waals surface area contributed by atoms with Gasteiger partial charge >= 0.3 is 0 Å². The van der Waals surface area contributed by atoms with E-state index >= 15 is 0 Å². The Morgan fingerprint density at radius 3 is 2.27 bits per heavy atom. The second-order valence-corrected chi connectivity index (χ2v) is 4.81. The first-order chi connectivity index (χ1) is 7.18. The van der Waals surface area contributed by atoms with Crippen LogP contribution < -0.4 is 5.32 Å². The number of rotatable bonds is 1. The van der Waals surface area contributed by atoms with Crippen LogP contribution in [0.25, 0.3) is 0 Å². The number of hydrogen-bond acceptors (Lipinski definition) is 1. The van der Waals surface area contributed by atoms with Gasteiger partial charge in [-0.25, -0.2) is 0 Å². The average Bonchev–Trinajstić information content (AvgIpc) is 2.17. The molecule has 0 bridgehead atoms. The van der Waals surface area contributed by atoms with Gasteiger partial charge in [-0.2, -0.15) is 0 Å². The molecule has 1 nitrogen and oxygen atoms in total. The predicted molar refractivity (Wildman–Crippen MR) is 65.2 cm³/mol. The average molecular weight is 203 g/mol. The molecule has 0 radical (unpaired) electrons. The zero-order chi connectivity index (χ0) is 10.8. The maximum absolute atomic E-state index is 3.64. The Morgan fingerprint density at radius 2 is 1.73 bits per heavy atom. The summed E-state index contributed by atoms with van der Waals surface area (Å²) >= 11 is 0. The third-order valence-electron chi connectivity index (χ3n) is 3.40. The van der Waals surface area contributed by atoms with Gasteiger partial charge in [0.1, 0.15) is 0 Å². The molecule has 1 heterocycles. The molecule has 0 unspecified atom stereocenters. The number of piperidine rings is 1. The van der Waals surface area contributed by atoms with Crippen molar-refractivity contribution in [2.75, 3.05) is 6.54 Å². The summed E-state index contributed by atoms with van der Waals surface area (Å²) in [5, 5.41) is 3.64. The zero-order valence-corrected chi connectivity index (χ0v) is 10.1. The second-order valence-electron chi connectivity index (χ2n) is 4.81. The number of hydrogen-bond donors (Lipinski definition) is 1. The van der Waals surface area contributed by atoms with Crippen molar-refractivity contribution in [1.82, 2.24) is 5.32 Å². The summed E-state index contributed by atoms with van der Waals surface area (Å²) < 4.78 is 0. The first-order valence-corrected chi connectivity index (χ1v) is 5.99. The monoisotopic (exact) mass is 203 g/mol. The van der Waals surface area contributed by atoms with Crippen LogP contribution in [0.1, 0.15) is 47.6 Å². The van der Waals surface area contributed by atoms with Crippen LogP contribution in [0.3, 0.4) is 0 Å². The molecule has 1 N–H and O–H groups in total. The lowest BCUT2D eigenvalue weighted by molar-refractivity contribution is 0.410. The summed E-state index contributed by atoms with van der Waals surface area (Å²) in [6.45, 7) is 7.84. The highest BCUT2D eigenvalue weighted by Gasteiger charge is 2.18. The molecule has 0 aliphatic carbocycles. The van der Waals surface area contributed by atoms with Crippen molar-refractivity contribution in [3.63, 3.8) is 0 Å². The molecule has 15 heavy (non-hydrogen) atoms. The zero-order valence-electron chi connectivity index (χ0n) is 10.1. The van der Waals surface area contributed by atoms with E-state index in [1.165, 1.54) is 42.5 Å². The molecule has 82 valence electrons. The van der Waals surface area contributed by atoms with Crippen molar-refractivity contribution in [2.24, 2.45) is 0 Å². The van der Waals surface area contributed by atoms with Crippen LogP contribution >= 0.6 is 0 Å². The number of benzene rings is 1. The molecule has 1 aromatic rings. The highest BCUT2D eigenvalue weighted by atomic mass is 14.9. The van der Waals surface area contributed by atoms with Crippen LogP contribution in [0.15, 0.2) is 12.1 Å². The third-order valence-corrected chi connectivity index (χ3v) is 3.40. The molecule has 1 aliphatic rings. The van der Waals surface area contributed by atoms with E-state index in [-0.39, 0.29) is 0 Å². The Morgan fingerprint density at radius 1 is 1.07 bits per heavy atom. The molecule has 1 aromatic carbocycles. The van der Waals surface area contributed by atoms with E-state index in [2.05, 4.69) is 38.2 Å². The van der Waals surface area contributed by atoms with E-state index in [0.717, 1.165) is 0 Å². The van der Waals surface area contributed by atoms with Gasteiger partial charge in [0.2, 0.25) is 0 Å². The molecule has 0 spiro atoms. The van der Waals surface area contributed by atoms with Crippen molar-refractivity contribution in [1.29, 1.82) is 0 Å². The van der Waals surface area contributed by atoms with Crippen molar-refractivity contribution < 1.29 is 0 Å². The number of aryl methyl sites for hydroxylation is 3. The van der Waals surface area contributed by atoms with Crippen LogP contribution in [-0.2, 0) is 0 Å². The van der Waals surface area contributed by atoms with E-state index < -0.39 is 0 Å². The van der Waals surface area contributed by atoms with Gasteiger partial charge in [0.15, 0.2) is 0 Å². The maximum atomic E-state index is 3.64. The SMILES string of the molecule is Cc1cc(C)c([C@H]2CCCCN2)c(C)c1. The molecular formula is C14H21N. The normalized spacial score (nSPS) is 21.7. The summed E-state index contributed by atoms with van der Waals surface area (Å²) in [5.41, 5.74) is 5.82. The van der Waals surface area contributed by atoms with Crippen LogP contribution in [0.5, 0.6) is 0 Å². The summed E-state index contributed by atoms with van der Waals surface area (Å²) in [4.78, 5) is 0. The van der Waals surface area contributed by atoms with Gasteiger partial charge in [-0.05, 0) is 56.8 Å². The molecule has 1 aliphatic heterocycles. The van der Waals surface area contributed by atoms with E-state index in [4.69, 9.17) is 0 Å². The first-order valence-electron chi connectivity index (χ1n) is 5.99. The molecule has 1 heteroatoms. The molecule has 1 fully saturated rings. The molecule has 1 saturated heterocycles. The Labute approximate surface area is 92.9 Å². The van der Waals surface area contributed by atoms with Crippen molar-refractivity contribution in [2.45, 2.75) is 46.1 Å². The minimum absolute atomic E-state index is 0.597. The van der Waals surface area contributed by atoms with E-state index in [0.29, 0.717) is 6.04 Å². The molecule has 2 rings (SSSR count). The lowest BCUT2D eigenvalue weighted by atomic mass is 9.89. The standard InChI is InChI=1S/C14H21N/c1-10-8-11(2)14(12(3)9-10)13-6-4-5-7-15-13/h8-9,13,15H,4-7H2,1-3H3/t13-/m1/s1. The lowest BCUT2D eigenvalue weighted by Crippen LogP contribution is -2.28. The summed E-state index contributed by atoms with van der Waals surface area (Å²) in [5.74, 6) is 0. The fraction of sp³-hybridized carbons (Fsp3) is 0.571. The molecular weight excluding hydrogens is 182 g/mol. The predicted octanol–water partition coefficient (Wildman–Crippen LogP) is 3.43. The molecule has 0 amide bonds. The quantitative estimate of drug-likeness (QED) is 0.737. The Kier molecular flexibility index (Phi) is 3.11. The smallest absolute Gasteiger partial charge is 0.0325 e. The van der Waals surface area contributed by atoms with Gasteiger partial charge in [-0.15, -0.1) is 0 Å². The summed E-state index contributed by atoms with van der Waals surface area (Å²) in [6, 6.07) is 5.20. The minimum Gasteiger partial charge on any atom is -0.310 e. The Hall–Kier alpha value is -0.820. The van der Waals surface area contributed by atoms with Gasteiger partial charge in [-0.1, -0.05) is 24.1 Å². The van der Waals surface area contributed by atoms with E-state index in [1.807, 2.05) is 0 Å². The highest BCUT2D eigenvalue weighted by molar-refractivity contribution is 5.39. The summed E-state index contributed by atoms with van der Waals surface area (Å²) in [6.07, 6.45) is 4.00. The minimum atomic E-state index is 0.597. The second kappa shape index (κ2) is 4.36. The third kappa shape index (κ3) is 2.23. The highest BCUT2D eigenvalue weighted by Crippen LogP contribution is 2.29. The van der Waals surface area contributed by atoms with Gasteiger partial charge < -0.3 is 5.32 Å². The topological polar surface area (TPSA) is 12.0 Å². The van der Waals surface area contributed by atoms with Gasteiger partial charge in [0.25, 0.3) is 0 Å². The van der Waals surface area contributed by atoms with Crippen molar-refractivity contribution in [3.05, 3.63) is 34.4 Å². The summed E-state index contributed by atoms with van der Waals surface area (Å²) in [7, 11) is 0. The van der Waals surface area contributed by atoms with Crippen LogP contribution in [0.4, 0.5) is 0 Å². The first kappa shape index (κ1) is 10.7. The Balaban J connectivity index is 2.33. The maximum Gasteiger partial charge on any atom is 0.0325 e. The fourth-order valence-corrected chi connectivity index (χ4v) is 2.84. The van der Waals surface area contributed by atoms with Crippen molar-refractivity contribution >= 4 is 0 Å². The lowest BCUT2D eigenvalue weighted by Gasteiger charge is -2.27. The number of nitrogens with one attached hydrogen (secondary N) is 1. The molecule has 0 aromatic heterocycles. The molecule has 1 atom stereocenters. The largest absolute Gasteiger partial charge is 0.310 e. The van der Waals surface area contributed by atoms with Gasteiger partial charge in [0, 0.05) is 6.04 Å². The van der Waals surface area contributed by atoms with Gasteiger partial charge in [-0.3, -0.25) is 0 Å². The van der Waals surface area contributed by atoms with Crippen LogP contribution in [-0.4, -0.2) is 6.54 Å². The van der Waals surface area contributed by atoms with Crippen molar-refractivity contribution in [3.8, 4) is 0 Å². The van der Waals surface area contributed by atoms with E-state index in [1.54, 1.807) is 5.56 Å². The van der Waals surface area contributed by atoms with Crippen LogP contribution in [0, 0.1) is 20.8 Å². The van der Waals surface area contributed by atoms with E-state index in [9.17, 15) is 0 Å². The fourth-order valence-electron chi connectivity index (χ4n) is 2.84. The van der Waals surface area contributed by atoms with Gasteiger partial charge in [0.05, 0.1) is 0 Å². The van der Waals surface area contributed by atoms with Crippen LogP contribution in [0.2, 0.25) is 0 Å².